The minimum atomic E-state index is 0.535. The zero-order valence-electron chi connectivity index (χ0n) is 11.4. The molecule has 1 heteroatoms. The first-order chi connectivity index (χ1) is 8.29. The second-order valence-corrected chi connectivity index (χ2v) is 6.33. The second-order valence-electron chi connectivity index (χ2n) is 6.33. The average molecular weight is 236 g/mol. The monoisotopic (exact) mass is 236 g/mol. The molecule has 0 aromatic heterocycles. The van der Waals surface area contributed by atoms with Crippen molar-refractivity contribution in [3.8, 4) is 0 Å². The van der Waals surface area contributed by atoms with Crippen molar-refractivity contribution in [1.82, 2.24) is 0 Å². The van der Waals surface area contributed by atoms with Gasteiger partial charge in [-0.05, 0) is 37.0 Å². The molecule has 0 aliphatic heterocycles. The molecule has 98 valence electrons. The quantitative estimate of drug-likeness (QED) is 0.630. The van der Waals surface area contributed by atoms with E-state index in [1.54, 1.807) is 0 Å². The third-order valence-corrected chi connectivity index (χ3v) is 5.00. The van der Waals surface area contributed by atoms with Crippen LogP contribution in [0.2, 0.25) is 0 Å². The highest BCUT2D eigenvalue weighted by Gasteiger charge is 2.34. The summed E-state index contributed by atoms with van der Waals surface area (Å²) in [6.07, 6.45) is 14.3. The summed E-state index contributed by atoms with van der Waals surface area (Å²) in [6.45, 7) is 2.28. The molecule has 0 heterocycles. The summed E-state index contributed by atoms with van der Waals surface area (Å²) in [5.41, 5.74) is 0. The maximum atomic E-state index is 11.4. The standard InChI is InChI=1S/C16H28O/c1-2-3-4-5-6-13-7-8-15-12-16(17)10-9-14(15)11-13/h13-15H,2-12H2,1H3. The van der Waals surface area contributed by atoms with Crippen LogP contribution in [0.5, 0.6) is 0 Å². The molecule has 2 rings (SSSR count). The van der Waals surface area contributed by atoms with Crippen LogP contribution >= 0.6 is 0 Å². The molecule has 1 nitrogen and oxygen atoms in total. The molecule has 2 saturated carbocycles. The topological polar surface area (TPSA) is 17.1 Å². The number of unbranched alkanes of at least 4 members (excludes halogenated alkanes) is 3. The smallest absolute Gasteiger partial charge is 0.133 e. The normalized spacial score (nSPS) is 33.5. The molecular formula is C16H28O. The maximum Gasteiger partial charge on any atom is 0.133 e. The number of fused-ring (bicyclic) bond motifs is 1. The summed E-state index contributed by atoms with van der Waals surface area (Å²) in [7, 11) is 0. The number of rotatable bonds is 5. The van der Waals surface area contributed by atoms with E-state index in [1.807, 2.05) is 0 Å². The Kier molecular flexibility index (Phi) is 5.06. The molecule has 0 spiro atoms. The summed E-state index contributed by atoms with van der Waals surface area (Å²) in [6, 6.07) is 0. The second kappa shape index (κ2) is 6.56. The minimum Gasteiger partial charge on any atom is -0.300 e. The van der Waals surface area contributed by atoms with Gasteiger partial charge in [0, 0.05) is 12.8 Å². The van der Waals surface area contributed by atoms with Gasteiger partial charge in [0.2, 0.25) is 0 Å². The molecule has 2 aliphatic rings. The van der Waals surface area contributed by atoms with Gasteiger partial charge in [0.05, 0.1) is 0 Å². The first-order valence-corrected chi connectivity index (χ1v) is 7.81. The fourth-order valence-corrected chi connectivity index (χ4v) is 3.91. The Bertz CT molecular complexity index is 246. The molecular weight excluding hydrogens is 208 g/mol. The van der Waals surface area contributed by atoms with Crippen molar-refractivity contribution >= 4 is 5.78 Å². The molecule has 0 saturated heterocycles. The van der Waals surface area contributed by atoms with E-state index in [2.05, 4.69) is 6.92 Å². The molecule has 0 radical (unpaired) electrons. The van der Waals surface area contributed by atoms with Gasteiger partial charge in [-0.2, -0.15) is 0 Å². The molecule has 2 fully saturated rings. The molecule has 2 aliphatic carbocycles. The van der Waals surface area contributed by atoms with Gasteiger partial charge in [0.1, 0.15) is 5.78 Å². The number of hydrogen-bond acceptors (Lipinski definition) is 1. The van der Waals surface area contributed by atoms with Crippen LogP contribution < -0.4 is 0 Å². The van der Waals surface area contributed by atoms with E-state index in [1.165, 1.54) is 57.8 Å². The predicted molar refractivity (Wildman–Crippen MR) is 71.9 cm³/mol. The van der Waals surface area contributed by atoms with Crippen molar-refractivity contribution in [3.63, 3.8) is 0 Å². The lowest BCUT2D eigenvalue weighted by atomic mass is 9.66. The lowest BCUT2D eigenvalue weighted by Gasteiger charge is -2.38. The summed E-state index contributed by atoms with van der Waals surface area (Å²) in [5.74, 6) is 3.19. The Labute approximate surface area is 106 Å². The van der Waals surface area contributed by atoms with Crippen molar-refractivity contribution < 1.29 is 4.79 Å². The molecule has 17 heavy (non-hydrogen) atoms. The maximum absolute atomic E-state index is 11.4. The highest BCUT2D eigenvalue weighted by atomic mass is 16.1. The van der Waals surface area contributed by atoms with E-state index >= 15 is 0 Å². The number of carbonyl (C=O) groups is 1. The van der Waals surface area contributed by atoms with Gasteiger partial charge in [-0.25, -0.2) is 0 Å². The van der Waals surface area contributed by atoms with Crippen LogP contribution in [0.3, 0.4) is 0 Å². The third kappa shape index (κ3) is 3.82. The lowest BCUT2D eigenvalue weighted by molar-refractivity contribution is -0.123. The van der Waals surface area contributed by atoms with Crippen molar-refractivity contribution in [2.24, 2.45) is 17.8 Å². The summed E-state index contributed by atoms with van der Waals surface area (Å²) in [4.78, 5) is 11.4. The lowest BCUT2D eigenvalue weighted by Crippen LogP contribution is -2.31. The van der Waals surface area contributed by atoms with Crippen LogP contribution in [-0.2, 0) is 4.79 Å². The van der Waals surface area contributed by atoms with E-state index < -0.39 is 0 Å². The Morgan fingerprint density at radius 2 is 1.94 bits per heavy atom. The van der Waals surface area contributed by atoms with E-state index in [-0.39, 0.29) is 0 Å². The van der Waals surface area contributed by atoms with Gasteiger partial charge in [-0.1, -0.05) is 45.4 Å². The Morgan fingerprint density at radius 1 is 1.06 bits per heavy atom. The molecule has 0 aromatic carbocycles. The zero-order chi connectivity index (χ0) is 12.1. The van der Waals surface area contributed by atoms with Crippen LogP contribution in [0, 0.1) is 17.8 Å². The van der Waals surface area contributed by atoms with Crippen molar-refractivity contribution in [2.45, 2.75) is 77.6 Å². The van der Waals surface area contributed by atoms with Crippen LogP contribution in [-0.4, -0.2) is 5.78 Å². The van der Waals surface area contributed by atoms with Gasteiger partial charge >= 0.3 is 0 Å². The van der Waals surface area contributed by atoms with Gasteiger partial charge in [-0.15, -0.1) is 0 Å². The molecule has 0 bridgehead atoms. The van der Waals surface area contributed by atoms with Crippen LogP contribution in [0.1, 0.15) is 77.6 Å². The Hall–Kier alpha value is -0.330. The van der Waals surface area contributed by atoms with Crippen molar-refractivity contribution in [3.05, 3.63) is 0 Å². The number of ketones is 1. The highest BCUT2D eigenvalue weighted by Crippen LogP contribution is 2.43. The molecule has 3 unspecified atom stereocenters. The minimum absolute atomic E-state index is 0.535. The Morgan fingerprint density at radius 3 is 2.76 bits per heavy atom. The first kappa shape index (κ1) is 13.1. The molecule has 0 N–H and O–H groups in total. The largest absolute Gasteiger partial charge is 0.300 e. The summed E-state index contributed by atoms with van der Waals surface area (Å²) >= 11 is 0. The number of hydrogen-bond donors (Lipinski definition) is 0. The van der Waals surface area contributed by atoms with E-state index in [0.717, 1.165) is 30.6 Å². The SMILES string of the molecule is CCCCCCC1CCC2CC(=O)CCC2C1. The highest BCUT2D eigenvalue weighted by molar-refractivity contribution is 5.79. The van der Waals surface area contributed by atoms with Gasteiger partial charge in [-0.3, -0.25) is 4.79 Å². The van der Waals surface area contributed by atoms with Crippen molar-refractivity contribution in [1.29, 1.82) is 0 Å². The average Bonchev–Trinajstić information content (AvgIpc) is 2.35. The fourth-order valence-electron chi connectivity index (χ4n) is 3.91. The zero-order valence-corrected chi connectivity index (χ0v) is 11.4. The number of Topliss-reactive ketones (excluding diaryl/α,β-unsaturated/α-hetero) is 1. The van der Waals surface area contributed by atoms with E-state index in [4.69, 9.17) is 0 Å². The van der Waals surface area contributed by atoms with Gasteiger partial charge in [0.15, 0.2) is 0 Å². The number of carbonyl (C=O) groups excluding carboxylic acids is 1. The Balaban J connectivity index is 1.69. The van der Waals surface area contributed by atoms with E-state index in [9.17, 15) is 4.79 Å². The van der Waals surface area contributed by atoms with Crippen molar-refractivity contribution in [2.75, 3.05) is 0 Å². The molecule has 0 aromatic rings. The summed E-state index contributed by atoms with van der Waals surface area (Å²) < 4.78 is 0. The first-order valence-electron chi connectivity index (χ1n) is 7.81. The fraction of sp³-hybridized carbons (Fsp3) is 0.938. The molecule has 3 atom stereocenters. The summed E-state index contributed by atoms with van der Waals surface area (Å²) in [5, 5.41) is 0. The third-order valence-electron chi connectivity index (χ3n) is 5.00. The molecule has 0 amide bonds. The van der Waals surface area contributed by atoms with Gasteiger partial charge < -0.3 is 0 Å². The van der Waals surface area contributed by atoms with E-state index in [0.29, 0.717) is 5.78 Å². The predicted octanol–water partition coefficient (Wildman–Crippen LogP) is 4.74. The van der Waals surface area contributed by atoms with Crippen LogP contribution in [0.25, 0.3) is 0 Å². The van der Waals surface area contributed by atoms with Crippen LogP contribution in [0.4, 0.5) is 0 Å². The van der Waals surface area contributed by atoms with Crippen LogP contribution in [0.15, 0.2) is 0 Å². The van der Waals surface area contributed by atoms with Gasteiger partial charge in [0.25, 0.3) is 0 Å².